The number of imidazole rings is 1. The Labute approximate surface area is 116 Å². The Morgan fingerprint density at radius 1 is 1.37 bits per heavy atom. The second-order valence-electron chi connectivity index (χ2n) is 5.80. The van der Waals surface area contributed by atoms with Gasteiger partial charge in [0, 0.05) is 32.5 Å². The Hall–Kier alpha value is -1.03. The standard InChI is InChI=1S/C15H27N3O/c1-12-5-7-14(8-6-12)18-11-13(2)17-15(18)16-9-4-10-19-3/h11-12,14H,4-10H2,1-3H3,(H,16,17). The SMILES string of the molecule is COCCCNc1nc(C)cn1C1CCC(C)CC1. The van der Waals surface area contributed by atoms with Crippen molar-refractivity contribution in [2.24, 2.45) is 5.92 Å². The Morgan fingerprint density at radius 2 is 2.11 bits per heavy atom. The highest BCUT2D eigenvalue weighted by molar-refractivity contribution is 5.29. The van der Waals surface area contributed by atoms with E-state index < -0.39 is 0 Å². The van der Waals surface area contributed by atoms with Crippen LogP contribution in [0.25, 0.3) is 0 Å². The summed E-state index contributed by atoms with van der Waals surface area (Å²) in [4.78, 5) is 4.61. The van der Waals surface area contributed by atoms with E-state index in [0.29, 0.717) is 6.04 Å². The van der Waals surface area contributed by atoms with Gasteiger partial charge >= 0.3 is 0 Å². The zero-order chi connectivity index (χ0) is 13.7. The summed E-state index contributed by atoms with van der Waals surface area (Å²) in [7, 11) is 1.74. The van der Waals surface area contributed by atoms with Crippen LogP contribution in [-0.4, -0.2) is 29.8 Å². The van der Waals surface area contributed by atoms with E-state index in [1.165, 1.54) is 25.7 Å². The van der Waals surface area contributed by atoms with E-state index in [1.807, 2.05) is 0 Å². The van der Waals surface area contributed by atoms with Crippen molar-refractivity contribution in [1.82, 2.24) is 9.55 Å². The van der Waals surface area contributed by atoms with Gasteiger partial charge in [0.1, 0.15) is 0 Å². The van der Waals surface area contributed by atoms with Gasteiger partial charge in [-0.2, -0.15) is 0 Å². The number of methoxy groups -OCH3 is 1. The van der Waals surface area contributed by atoms with E-state index in [4.69, 9.17) is 4.74 Å². The number of hydrogen-bond acceptors (Lipinski definition) is 3. The molecule has 0 atom stereocenters. The topological polar surface area (TPSA) is 39.1 Å². The normalized spacial score (nSPS) is 23.5. The fourth-order valence-corrected chi connectivity index (χ4v) is 2.86. The number of rotatable bonds is 6. The second-order valence-corrected chi connectivity index (χ2v) is 5.80. The summed E-state index contributed by atoms with van der Waals surface area (Å²) in [6.45, 7) is 6.16. The zero-order valence-corrected chi connectivity index (χ0v) is 12.5. The lowest BCUT2D eigenvalue weighted by molar-refractivity contribution is 0.197. The highest BCUT2D eigenvalue weighted by Gasteiger charge is 2.21. The third-order valence-corrected chi connectivity index (χ3v) is 4.04. The molecule has 0 spiro atoms. The summed E-state index contributed by atoms with van der Waals surface area (Å²) >= 11 is 0. The molecule has 19 heavy (non-hydrogen) atoms. The van der Waals surface area contributed by atoms with E-state index >= 15 is 0 Å². The van der Waals surface area contributed by atoms with Crippen molar-refractivity contribution >= 4 is 5.95 Å². The van der Waals surface area contributed by atoms with E-state index in [9.17, 15) is 0 Å². The predicted octanol–water partition coefficient (Wildman–Crippen LogP) is 3.39. The third-order valence-electron chi connectivity index (χ3n) is 4.04. The summed E-state index contributed by atoms with van der Waals surface area (Å²) in [5, 5.41) is 3.45. The summed E-state index contributed by atoms with van der Waals surface area (Å²) in [6, 6.07) is 0.627. The van der Waals surface area contributed by atoms with Crippen molar-refractivity contribution < 1.29 is 4.74 Å². The lowest BCUT2D eigenvalue weighted by Crippen LogP contribution is -2.19. The first-order valence-electron chi connectivity index (χ1n) is 7.49. The minimum Gasteiger partial charge on any atom is -0.385 e. The lowest BCUT2D eigenvalue weighted by Gasteiger charge is -2.28. The molecule has 1 N–H and O–H groups in total. The van der Waals surface area contributed by atoms with Gasteiger partial charge in [-0.05, 0) is 44.9 Å². The highest BCUT2D eigenvalue weighted by atomic mass is 16.5. The van der Waals surface area contributed by atoms with Crippen LogP contribution in [0, 0.1) is 12.8 Å². The fraction of sp³-hybridized carbons (Fsp3) is 0.800. The van der Waals surface area contributed by atoms with Gasteiger partial charge in [-0.1, -0.05) is 6.92 Å². The average Bonchev–Trinajstić information content (AvgIpc) is 2.77. The molecule has 0 bridgehead atoms. The molecule has 0 saturated heterocycles. The molecule has 1 aliphatic rings. The molecule has 4 heteroatoms. The Balaban J connectivity index is 1.95. The van der Waals surface area contributed by atoms with Crippen LogP contribution in [0.1, 0.15) is 50.8 Å². The molecule has 2 rings (SSSR count). The highest BCUT2D eigenvalue weighted by Crippen LogP contribution is 2.33. The molecular formula is C15H27N3O. The largest absolute Gasteiger partial charge is 0.385 e. The summed E-state index contributed by atoms with van der Waals surface area (Å²) < 4.78 is 7.43. The third kappa shape index (κ3) is 3.96. The maximum absolute atomic E-state index is 5.08. The van der Waals surface area contributed by atoms with E-state index in [1.54, 1.807) is 7.11 Å². The number of aromatic nitrogens is 2. The first-order chi connectivity index (χ1) is 9.20. The van der Waals surface area contributed by atoms with Gasteiger partial charge in [0.25, 0.3) is 0 Å². The molecule has 108 valence electrons. The first-order valence-corrected chi connectivity index (χ1v) is 7.49. The van der Waals surface area contributed by atoms with Gasteiger partial charge in [0.05, 0.1) is 5.69 Å². The molecule has 0 radical (unpaired) electrons. The molecule has 1 aromatic rings. The monoisotopic (exact) mass is 265 g/mol. The van der Waals surface area contributed by atoms with Crippen molar-refractivity contribution in [3.05, 3.63) is 11.9 Å². The number of nitrogens with zero attached hydrogens (tertiary/aromatic N) is 2. The first kappa shape index (κ1) is 14.4. The molecule has 0 unspecified atom stereocenters. The molecule has 1 saturated carbocycles. The minimum absolute atomic E-state index is 0.627. The molecule has 1 heterocycles. The summed E-state index contributed by atoms with van der Waals surface area (Å²) in [5.74, 6) is 1.92. The van der Waals surface area contributed by atoms with Crippen LogP contribution in [0.5, 0.6) is 0 Å². The fourth-order valence-electron chi connectivity index (χ4n) is 2.86. The van der Waals surface area contributed by atoms with Crippen LogP contribution >= 0.6 is 0 Å². The molecule has 1 aliphatic carbocycles. The van der Waals surface area contributed by atoms with E-state index in [2.05, 4.69) is 34.9 Å². The van der Waals surface area contributed by atoms with Crippen LogP contribution in [0.2, 0.25) is 0 Å². The van der Waals surface area contributed by atoms with Crippen LogP contribution in [0.15, 0.2) is 6.20 Å². The number of anilines is 1. The zero-order valence-electron chi connectivity index (χ0n) is 12.5. The summed E-state index contributed by atoms with van der Waals surface area (Å²) in [6.07, 6.45) is 8.45. The van der Waals surface area contributed by atoms with E-state index in [0.717, 1.165) is 37.1 Å². The number of ether oxygens (including phenoxy) is 1. The van der Waals surface area contributed by atoms with Crippen molar-refractivity contribution in [2.45, 2.75) is 52.0 Å². The maximum Gasteiger partial charge on any atom is 0.203 e. The Bertz CT molecular complexity index is 381. The average molecular weight is 265 g/mol. The van der Waals surface area contributed by atoms with E-state index in [-0.39, 0.29) is 0 Å². The van der Waals surface area contributed by atoms with Crippen molar-refractivity contribution in [3.63, 3.8) is 0 Å². The van der Waals surface area contributed by atoms with Crippen LogP contribution in [0.4, 0.5) is 5.95 Å². The van der Waals surface area contributed by atoms with Gasteiger partial charge in [-0.15, -0.1) is 0 Å². The number of hydrogen-bond donors (Lipinski definition) is 1. The lowest BCUT2D eigenvalue weighted by atomic mass is 9.87. The Kier molecular flexibility index (Phi) is 5.25. The van der Waals surface area contributed by atoms with Crippen molar-refractivity contribution in [3.8, 4) is 0 Å². The molecule has 0 aliphatic heterocycles. The molecule has 0 amide bonds. The van der Waals surface area contributed by atoms with Gasteiger partial charge in [0.2, 0.25) is 5.95 Å². The summed E-state index contributed by atoms with van der Waals surface area (Å²) in [5.41, 5.74) is 1.10. The molecule has 0 aromatic carbocycles. The predicted molar refractivity (Wildman–Crippen MR) is 78.6 cm³/mol. The van der Waals surface area contributed by atoms with Gasteiger partial charge in [0.15, 0.2) is 0 Å². The smallest absolute Gasteiger partial charge is 0.203 e. The molecule has 4 nitrogen and oxygen atoms in total. The van der Waals surface area contributed by atoms with Crippen LogP contribution < -0.4 is 5.32 Å². The van der Waals surface area contributed by atoms with Crippen LogP contribution in [-0.2, 0) is 4.74 Å². The molecule has 1 fully saturated rings. The second kappa shape index (κ2) is 6.94. The maximum atomic E-state index is 5.08. The number of nitrogens with one attached hydrogen (secondary N) is 1. The van der Waals surface area contributed by atoms with Crippen molar-refractivity contribution in [1.29, 1.82) is 0 Å². The quantitative estimate of drug-likeness (QED) is 0.801. The van der Waals surface area contributed by atoms with Gasteiger partial charge < -0.3 is 14.6 Å². The minimum atomic E-state index is 0.627. The number of aryl methyl sites for hydroxylation is 1. The molecule has 1 aromatic heterocycles. The van der Waals surface area contributed by atoms with Crippen LogP contribution in [0.3, 0.4) is 0 Å². The van der Waals surface area contributed by atoms with Crippen molar-refractivity contribution in [2.75, 3.05) is 25.6 Å². The van der Waals surface area contributed by atoms with Gasteiger partial charge in [-0.25, -0.2) is 4.98 Å². The molecular weight excluding hydrogens is 238 g/mol. The Morgan fingerprint density at radius 3 is 2.79 bits per heavy atom. The van der Waals surface area contributed by atoms with Gasteiger partial charge in [-0.3, -0.25) is 0 Å².